The molecule has 0 saturated heterocycles. The van der Waals surface area contributed by atoms with Gasteiger partial charge in [-0.3, -0.25) is 9.00 Å². The minimum Gasteiger partial charge on any atom is -0.343 e. The second kappa shape index (κ2) is 9.77. The van der Waals surface area contributed by atoms with Gasteiger partial charge in [0.1, 0.15) is 5.69 Å². The second-order valence-corrected chi connectivity index (χ2v) is 7.26. The van der Waals surface area contributed by atoms with Gasteiger partial charge in [0.2, 0.25) is 0 Å². The molecule has 5 nitrogen and oxygen atoms in total. The molecule has 1 heterocycles. The first-order valence-electron chi connectivity index (χ1n) is 6.90. The molecule has 1 aromatic carbocycles. The maximum Gasteiger partial charge on any atom is 0.271 e. The number of hydrogen-bond acceptors (Lipinski definition) is 5. The predicted octanol–water partition coefficient (Wildman–Crippen LogP) is 1.92. The normalized spacial score (nSPS) is 13.0. The Kier molecular flexibility index (Phi) is 8.40. The van der Waals surface area contributed by atoms with E-state index in [4.69, 9.17) is 5.73 Å². The van der Waals surface area contributed by atoms with Gasteiger partial charge >= 0.3 is 0 Å². The highest BCUT2D eigenvalue weighted by Crippen LogP contribution is 2.16. The number of aromatic nitrogens is 1. The standard InChI is InChI=1S/C15H19N3O2S2.ClH/c1-22(20)10-13(11-5-3-2-4-6-11)18-15(19)12-9-21-14(17-12)7-8-16;/h2-6,9,13H,7-8,10,16H2,1H3,(H,18,19);1H. The van der Waals surface area contributed by atoms with E-state index in [1.807, 2.05) is 30.3 Å². The third-order valence-electron chi connectivity index (χ3n) is 3.05. The molecule has 0 aliphatic carbocycles. The smallest absolute Gasteiger partial charge is 0.271 e. The molecule has 0 aliphatic rings. The first kappa shape index (κ1) is 19.8. The Balaban J connectivity index is 0.00000264. The Morgan fingerprint density at radius 3 is 2.70 bits per heavy atom. The molecule has 3 N–H and O–H groups in total. The summed E-state index contributed by atoms with van der Waals surface area (Å²) in [6, 6.07) is 9.24. The fourth-order valence-corrected chi connectivity index (χ4v) is 3.57. The van der Waals surface area contributed by atoms with Crippen LogP contribution < -0.4 is 11.1 Å². The van der Waals surface area contributed by atoms with E-state index in [2.05, 4.69) is 10.3 Å². The molecule has 2 rings (SSSR count). The van der Waals surface area contributed by atoms with E-state index in [1.54, 1.807) is 11.6 Å². The highest BCUT2D eigenvalue weighted by Gasteiger charge is 2.18. The van der Waals surface area contributed by atoms with E-state index in [9.17, 15) is 9.00 Å². The molecule has 0 fully saturated rings. The summed E-state index contributed by atoms with van der Waals surface area (Å²) in [7, 11) is -1.02. The quantitative estimate of drug-likeness (QED) is 0.776. The third-order valence-corrected chi connectivity index (χ3v) is 4.76. The number of nitrogens with two attached hydrogens (primary N) is 1. The van der Waals surface area contributed by atoms with Crippen LogP contribution in [0.5, 0.6) is 0 Å². The lowest BCUT2D eigenvalue weighted by Crippen LogP contribution is -2.32. The summed E-state index contributed by atoms with van der Waals surface area (Å²) in [4.78, 5) is 16.6. The summed E-state index contributed by atoms with van der Waals surface area (Å²) in [6.45, 7) is 0.510. The molecule has 0 spiro atoms. The molecular formula is C15H20ClN3O2S2. The molecule has 2 aromatic rings. The monoisotopic (exact) mass is 373 g/mol. The summed E-state index contributed by atoms with van der Waals surface area (Å²) in [5.41, 5.74) is 6.81. The van der Waals surface area contributed by atoms with E-state index >= 15 is 0 Å². The van der Waals surface area contributed by atoms with Crippen molar-refractivity contribution < 1.29 is 9.00 Å². The molecule has 0 bridgehead atoms. The Morgan fingerprint density at radius 1 is 1.39 bits per heavy atom. The van der Waals surface area contributed by atoms with Crippen molar-refractivity contribution in [2.24, 2.45) is 5.73 Å². The minimum atomic E-state index is -1.02. The molecule has 126 valence electrons. The van der Waals surface area contributed by atoms with Crippen LogP contribution in [0.25, 0.3) is 0 Å². The van der Waals surface area contributed by atoms with Gasteiger partial charge in [0, 0.05) is 34.6 Å². The largest absolute Gasteiger partial charge is 0.343 e. The lowest BCUT2D eigenvalue weighted by Gasteiger charge is -2.17. The van der Waals surface area contributed by atoms with E-state index in [0.29, 0.717) is 24.4 Å². The minimum absolute atomic E-state index is 0. The van der Waals surface area contributed by atoms with Gasteiger partial charge in [-0.25, -0.2) is 4.98 Å². The lowest BCUT2D eigenvalue weighted by atomic mass is 10.1. The number of rotatable bonds is 7. The van der Waals surface area contributed by atoms with Crippen LogP contribution in [0.4, 0.5) is 0 Å². The van der Waals surface area contributed by atoms with Gasteiger partial charge in [0.05, 0.1) is 11.0 Å². The van der Waals surface area contributed by atoms with Crippen LogP contribution in [0.1, 0.15) is 27.1 Å². The number of nitrogens with zero attached hydrogens (tertiary/aromatic N) is 1. The molecule has 2 atom stereocenters. The van der Waals surface area contributed by atoms with E-state index in [1.165, 1.54) is 11.3 Å². The second-order valence-electron chi connectivity index (χ2n) is 4.84. The van der Waals surface area contributed by atoms with Gasteiger partial charge in [-0.2, -0.15) is 0 Å². The summed E-state index contributed by atoms with van der Waals surface area (Å²) in [6.07, 6.45) is 2.29. The third kappa shape index (κ3) is 6.02. The highest BCUT2D eigenvalue weighted by molar-refractivity contribution is 7.84. The van der Waals surface area contributed by atoms with Crippen LogP contribution in [0.15, 0.2) is 35.7 Å². The van der Waals surface area contributed by atoms with E-state index in [-0.39, 0.29) is 24.4 Å². The Morgan fingerprint density at radius 2 is 2.09 bits per heavy atom. The number of carbonyl (C=O) groups excluding carboxylic acids is 1. The van der Waals surface area contributed by atoms with Gasteiger partial charge in [0.15, 0.2) is 0 Å². The van der Waals surface area contributed by atoms with Gasteiger partial charge in [-0.15, -0.1) is 23.7 Å². The average molecular weight is 374 g/mol. The number of hydrogen-bond donors (Lipinski definition) is 2. The molecule has 8 heteroatoms. The molecule has 2 unspecified atom stereocenters. The lowest BCUT2D eigenvalue weighted by molar-refractivity contribution is 0.0936. The average Bonchev–Trinajstić information content (AvgIpc) is 2.96. The zero-order valence-electron chi connectivity index (χ0n) is 12.7. The predicted molar refractivity (Wildman–Crippen MR) is 97.7 cm³/mol. The van der Waals surface area contributed by atoms with E-state index < -0.39 is 10.8 Å². The van der Waals surface area contributed by atoms with Crippen molar-refractivity contribution in [1.29, 1.82) is 0 Å². The fourth-order valence-electron chi connectivity index (χ4n) is 2.03. The summed E-state index contributed by atoms with van der Waals surface area (Å²) in [5, 5.41) is 5.49. The Hall–Kier alpha value is -1.28. The number of amides is 1. The number of thiazole rings is 1. The van der Waals surface area contributed by atoms with Gasteiger partial charge in [-0.05, 0) is 12.1 Å². The maximum absolute atomic E-state index is 12.3. The van der Waals surface area contributed by atoms with E-state index in [0.717, 1.165) is 10.6 Å². The van der Waals surface area contributed by atoms with Crippen LogP contribution >= 0.6 is 23.7 Å². The SMILES string of the molecule is CS(=O)CC(NC(=O)c1csc(CCN)n1)c1ccccc1.Cl. The molecule has 0 aliphatic heterocycles. The topological polar surface area (TPSA) is 85.1 Å². The summed E-state index contributed by atoms with van der Waals surface area (Å²) >= 11 is 1.43. The fraction of sp³-hybridized carbons (Fsp3) is 0.333. The first-order chi connectivity index (χ1) is 10.6. The van der Waals surface area contributed by atoms with Crippen molar-refractivity contribution in [3.05, 3.63) is 52.0 Å². The number of nitrogens with one attached hydrogen (secondary N) is 1. The van der Waals surface area contributed by atoms with Crippen LogP contribution in [0, 0.1) is 0 Å². The number of carbonyl (C=O) groups is 1. The van der Waals surface area contributed by atoms with Crippen LogP contribution in [-0.2, 0) is 17.2 Å². The summed E-state index contributed by atoms with van der Waals surface area (Å²) in [5.74, 6) is 0.119. The van der Waals surface area contributed by atoms with Gasteiger partial charge in [-0.1, -0.05) is 30.3 Å². The number of benzene rings is 1. The molecule has 1 amide bonds. The maximum atomic E-state index is 12.3. The Labute approximate surface area is 148 Å². The number of halogens is 1. The highest BCUT2D eigenvalue weighted by atomic mass is 35.5. The van der Waals surface area contributed by atoms with Crippen molar-refractivity contribution in [3.8, 4) is 0 Å². The zero-order valence-corrected chi connectivity index (χ0v) is 15.2. The molecule has 1 aromatic heterocycles. The summed E-state index contributed by atoms with van der Waals surface area (Å²) < 4.78 is 11.6. The van der Waals surface area contributed by atoms with Crippen molar-refractivity contribution >= 4 is 40.5 Å². The van der Waals surface area contributed by atoms with Crippen molar-refractivity contribution in [2.45, 2.75) is 12.5 Å². The van der Waals surface area contributed by atoms with Crippen LogP contribution in [0.2, 0.25) is 0 Å². The van der Waals surface area contributed by atoms with Crippen molar-refractivity contribution in [1.82, 2.24) is 10.3 Å². The van der Waals surface area contributed by atoms with Gasteiger partial charge in [0.25, 0.3) is 5.91 Å². The molecule has 23 heavy (non-hydrogen) atoms. The Bertz CT molecular complexity index is 649. The first-order valence-corrected chi connectivity index (χ1v) is 9.51. The molecular weight excluding hydrogens is 354 g/mol. The van der Waals surface area contributed by atoms with Crippen LogP contribution in [-0.4, -0.2) is 33.7 Å². The molecule has 0 radical (unpaired) electrons. The van der Waals surface area contributed by atoms with Crippen LogP contribution in [0.3, 0.4) is 0 Å². The van der Waals surface area contributed by atoms with Gasteiger partial charge < -0.3 is 11.1 Å². The zero-order chi connectivity index (χ0) is 15.9. The molecule has 0 saturated carbocycles. The van der Waals surface area contributed by atoms with Crippen molar-refractivity contribution in [3.63, 3.8) is 0 Å². The van der Waals surface area contributed by atoms with Crippen molar-refractivity contribution in [2.75, 3.05) is 18.6 Å².